The van der Waals surface area contributed by atoms with E-state index < -0.39 is 6.04 Å². The van der Waals surface area contributed by atoms with Gasteiger partial charge in [0.25, 0.3) is 0 Å². The van der Waals surface area contributed by atoms with Crippen LogP contribution in [0, 0.1) is 17.8 Å². The zero-order valence-electron chi connectivity index (χ0n) is 35.5. The van der Waals surface area contributed by atoms with E-state index in [0.29, 0.717) is 37.3 Å². The van der Waals surface area contributed by atoms with Gasteiger partial charge in [-0.15, -0.1) is 6.58 Å². The summed E-state index contributed by atoms with van der Waals surface area (Å²) in [4.78, 5) is 38.8. The highest BCUT2D eigenvalue weighted by Gasteiger charge is 2.19. The quantitative estimate of drug-likeness (QED) is 0.107. The summed E-state index contributed by atoms with van der Waals surface area (Å²) in [5, 5.41) is 8.27. The molecule has 0 aromatic heterocycles. The molecule has 3 rings (SSSR count). The predicted molar refractivity (Wildman–Crippen MR) is 223 cm³/mol. The number of hydrogen-bond acceptors (Lipinski definition) is 8. The van der Waals surface area contributed by atoms with Crippen molar-refractivity contribution in [2.75, 3.05) is 40.9 Å². The first-order valence-electron chi connectivity index (χ1n) is 19.3. The lowest BCUT2D eigenvalue weighted by Gasteiger charge is -2.26. The van der Waals surface area contributed by atoms with E-state index in [0.717, 1.165) is 17.8 Å². The molecule has 1 aromatic rings. The third-order valence-corrected chi connectivity index (χ3v) is 9.02. The zero-order valence-corrected chi connectivity index (χ0v) is 35.5. The van der Waals surface area contributed by atoms with Gasteiger partial charge in [0.05, 0.1) is 24.4 Å². The maximum Gasteiger partial charge on any atom is 0.245 e. The number of hydrogen-bond donors (Lipinski definition) is 3. The molecule has 2 fully saturated rings. The van der Waals surface area contributed by atoms with E-state index >= 15 is 0 Å². The molecular formula is C43H77N5O5. The summed E-state index contributed by atoms with van der Waals surface area (Å²) in [6, 6.07) is 9.44. The predicted octanol–water partition coefficient (Wildman–Crippen LogP) is 7.74. The molecule has 10 nitrogen and oxygen atoms in total. The summed E-state index contributed by atoms with van der Waals surface area (Å²) < 4.78 is 10.5. The number of likely N-dealkylation sites (tertiary alicyclic amines) is 1. The van der Waals surface area contributed by atoms with Crippen LogP contribution < -0.4 is 16.0 Å². The van der Waals surface area contributed by atoms with Crippen LogP contribution in [0.4, 0.5) is 0 Å². The Labute approximate surface area is 324 Å². The van der Waals surface area contributed by atoms with Gasteiger partial charge in [-0.3, -0.25) is 9.59 Å². The maximum atomic E-state index is 12.1. The molecule has 2 atom stereocenters. The number of methoxy groups -OCH3 is 1. The lowest BCUT2D eigenvalue weighted by molar-refractivity contribution is -0.124. The van der Waals surface area contributed by atoms with Crippen LogP contribution in [0.5, 0.6) is 0 Å². The van der Waals surface area contributed by atoms with Crippen LogP contribution in [0.25, 0.3) is 0 Å². The van der Waals surface area contributed by atoms with Crippen LogP contribution in [-0.2, 0) is 30.5 Å². The van der Waals surface area contributed by atoms with Crippen LogP contribution in [-0.4, -0.2) is 87.8 Å². The van der Waals surface area contributed by atoms with E-state index in [1.54, 1.807) is 39.4 Å². The van der Waals surface area contributed by atoms with E-state index in [-0.39, 0.29) is 17.0 Å². The monoisotopic (exact) mass is 744 g/mol. The van der Waals surface area contributed by atoms with Crippen molar-refractivity contribution in [2.45, 2.75) is 131 Å². The Hall–Kier alpha value is -3.18. The molecule has 2 unspecified atom stereocenters. The average molecular weight is 744 g/mol. The van der Waals surface area contributed by atoms with Gasteiger partial charge in [-0.25, -0.2) is 4.99 Å². The molecule has 3 N–H and O–H groups in total. The Balaban J connectivity index is 0. The third kappa shape index (κ3) is 29.9. The number of ether oxygens (including phenoxy) is 2. The van der Waals surface area contributed by atoms with Crippen molar-refractivity contribution in [3.05, 3.63) is 60.4 Å². The molecule has 0 radical (unpaired) electrons. The lowest BCUT2D eigenvalue weighted by atomic mass is 9.82. The Morgan fingerprint density at radius 3 is 1.98 bits per heavy atom. The maximum absolute atomic E-state index is 12.1. The number of nitrogens with zero attached hydrogens (tertiary/aromatic N) is 2. The summed E-state index contributed by atoms with van der Waals surface area (Å²) in [6.45, 7) is 24.7. The third-order valence-electron chi connectivity index (χ3n) is 9.02. The second kappa shape index (κ2) is 31.2. The highest BCUT2D eigenvalue weighted by molar-refractivity contribution is 5.83. The first-order chi connectivity index (χ1) is 25.0. The van der Waals surface area contributed by atoms with Crippen molar-refractivity contribution in [1.82, 2.24) is 20.9 Å². The fourth-order valence-electron chi connectivity index (χ4n) is 4.81. The van der Waals surface area contributed by atoms with E-state index in [4.69, 9.17) is 9.47 Å². The lowest BCUT2D eigenvalue weighted by Crippen LogP contribution is -2.45. The molecule has 0 spiro atoms. The second-order valence-electron chi connectivity index (χ2n) is 15.3. The number of aliphatic imine (C=N–C) groups is 1. The number of rotatable bonds is 13. The molecule has 1 aliphatic carbocycles. The molecule has 10 heteroatoms. The highest BCUT2D eigenvalue weighted by Crippen LogP contribution is 2.28. The number of allylic oxidation sites excluding steroid dienone is 1. The number of benzene rings is 1. The van der Waals surface area contributed by atoms with Gasteiger partial charge in [-0.2, -0.15) is 0 Å². The van der Waals surface area contributed by atoms with Gasteiger partial charge in [0.2, 0.25) is 12.3 Å². The second-order valence-corrected chi connectivity index (χ2v) is 15.3. The topological polar surface area (TPSA) is 121 Å². The van der Waals surface area contributed by atoms with Gasteiger partial charge in [-0.1, -0.05) is 69.5 Å². The number of aldehydes is 1. The number of carbonyl (C=O) groups is 3. The van der Waals surface area contributed by atoms with Crippen molar-refractivity contribution < 1.29 is 23.9 Å². The van der Waals surface area contributed by atoms with Crippen molar-refractivity contribution in [3.8, 4) is 0 Å². The van der Waals surface area contributed by atoms with Crippen molar-refractivity contribution >= 4 is 24.8 Å². The fourth-order valence-corrected chi connectivity index (χ4v) is 4.81. The Morgan fingerprint density at radius 1 is 1.02 bits per heavy atom. The van der Waals surface area contributed by atoms with E-state index in [1.165, 1.54) is 58.0 Å². The molecular weight excluding hydrogens is 667 g/mol. The number of likely N-dealkylation sites (N-methyl/N-ethyl adjacent to an activating group) is 1. The molecule has 2 amide bonds. The molecule has 1 heterocycles. The summed E-state index contributed by atoms with van der Waals surface area (Å²) >= 11 is 0. The van der Waals surface area contributed by atoms with E-state index in [9.17, 15) is 14.4 Å². The number of carbonyl (C=O) groups excluding carboxylic acids is 3. The molecule has 1 aliphatic heterocycles. The van der Waals surface area contributed by atoms with Crippen LogP contribution in [0.1, 0.15) is 113 Å². The van der Waals surface area contributed by atoms with Crippen molar-refractivity contribution in [1.29, 1.82) is 0 Å². The van der Waals surface area contributed by atoms with Crippen LogP contribution in [0.3, 0.4) is 0 Å². The van der Waals surface area contributed by atoms with Gasteiger partial charge in [-0.05, 0) is 125 Å². The van der Waals surface area contributed by atoms with Gasteiger partial charge in [0.1, 0.15) is 18.1 Å². The van der Waals surface area contributed by atoms with Crippen molar-refractivity contribution in [3.63, 3.8) is 0 Å². The van der Waals surface area contributed by atoms with Gasteiger partial charge in [0, 0.05) is 19.2 Å². The van der Waals surface area contributed by atoms with Crippen LogP contribution >= 0.6 is 0 Å². The minimum Gasteiger partial charge on any atom is -0.379 e. The number of nitrogens with one attached hydrogen (secondary N) is 3. The van der Waals surface area contributed by atoms with Crippen LogP contribution in [0.2, 0.25) is 0 Å². The minimum absolute atomic E-state index is 0.0417. The molecule has 304 valence electrons. The van der Waals surface area contributed by atoms with Gasteiger partial charge in [0.15, 0.2) is 0 Å². The molecule has 1 aromatic carbocycles. The normalized spacial score (nSPS) is 16.7. The molecule has 1 saturated carbocycles. The average Bonchev–Trinajstić information content (AvgIpc) is 3.15. The summed E-state index contributed by atoms with van der Waals surface area (Å²) in [7, 11) is 5.64. The van der Waals surface area contributed by atoms with Crippen molar-refractivity contribution in [2.24, 2.45) is 22.7 Å². The molecule has 2 aliphatic rings. The Morgan fingerprint density at radius 2 is 1.58 bits per heavy atom. The number of amides is 2. The zero-order chi connectivity index (χ0) is 40.7. The van der Waals surface area contributed by atoms with Gasteiger partial charge < -0.3 is 35.1 Å². The van der Waals surface area contributed by atoms with E-state index in [1.807, 2.05) is 78.8 Å². The van der Waals surface area contributed by atoms with Gasteiger partial charge >= 0.3 is 0 Å². The summed E-state index contributed by atoms with van der Waals surface area (Å²) in [5.74, 6) is 2.35. The molecule has 1 saturated heterocycles. The standard InChI is InChI=1S/C16H23N3O2.C9H16O.C7H15N.C6H11NO.C5H12O/c1-4-15(18-5-2)19-16(20)14(17-3)12-21-11-13-9-7-6-8-10-13;1-8(7-10)9-5-3-2-4-6-9;1-7-3-5-8(2)6-4-7;1-4-6(2,3)7-5-8;1-5(2,3)6-4/h4-10,14,17H,11-12H2,1-3H3,(H,19,20);7-9H,2-6H2,1H3;7H,3-6H2,1-2H3;4-5H,1H2,2-3H3,(H,7,8);1-4H3/b15-4+,18-5-;;;;. The Kier molecular flexibility index (Phi) is 30.6. The Bertz CT molecular complexity index is 1130. The SMILES string of the molecule is C/C=N\C(=C/C)NC(=O)C(COCc1ccccc1)NC.C=CC(C)(C)NC=O.CC(C=O)C1CCCCC1.CC1CCN(C)CC1.COC(C)(C)C. The smallest absolute Gasteiger partial charge is 0.245 e. The van der Waals surface area contributed by atoms with E-state index in [2.05, 4.69) is 46.4 Å². The summed E-state index contributed by atoms with van der Waals surface area (Å²) in [6.07, 6.45) is 16.2. The highest BCUT2D eigenvalue weighted by atomic mass is 16.5. The fraction of sp³-hybridized carbons (Fsp3) is 0.674. The molecule has 53 heavy (non-hydrogen) atoms. The minimum atomic E-state index is -0.421. The van der Waals surface area contributed by atoms with Crippen LogP contribution in [0.15, 0.2) is 59.9 Å². The first kappa shape index (κ1) is 51.9. The summed E-state index contributed by atoms with van der Waals surface area (Å²) in [5.41, 5.74) is 0.861. The number of piperidine rings is 1. The first-order valence-corrected chi connectivity index (χ1v) is 19.3. The molecule has 0 bridgehead atoms. The largest absolute Gasteiger partial charge is 0.379 e.